The Morgan fingerprint density at radius 1 is 1.39 bits per heavy atom. The number of hydrogen-bond acceptors (Lipinski definition) is 4. The van der Waals surface area contributed by atoms with E-state index in [1.54, 1.807) is 0 Å². The third-order valence-corrected chi connectivity index (χ3v) is 7.28. The number of morpholine rings is 1. The highest BCUT2D eigenvalue weighted by Crippen LogP contribution is 2.47. The van der Waals surface area contributed by atoms with Crippen molar-refractivity contribution < 1.29 is 13.2 Å². The fraction of sp³-hybridized carbons (Fsp3) is 0.562. The lowest BCUT2D eigenvalue weighted by Gasteiger charge is -2.39. The molecule has 1 aliphatic carbocycles. The van der Waals surface area contributed by atoms with Crippen molar-refractivity contribution in [3.8, 4) is 6.07 Å². The molecule has 2 atom stereocenters. The molecule has 1 aliphatic heterocycles. The second kappa shape index (κ2) is 6.17. The first-order chi connectivity index (χ1) is 10.9. The molecule has 124 valence electrons. The Hall–Kier alpha value is -0.940. The molecule has 2 fully saturated rings. The van der Waals surface area contributed by atoms with Crippen LogP contribution in [0.5, 0.6) is 0 Å². The summed E-state index contributed by atoms with van der Waals surface area (Å²) in [6, 6.07) is 9.62. The standard InChI is InChI=1S/C16H19BrN2O3S/c1-12-15(13-2-4-14(17)5-3-13)22-9-8-19(12)23(20,21)11-16(10-18)6-7-16/h2-5,12,15H,6-9,11H2,1H3/t12-,15+/m1/s1. The maximum Gasteiger partial charge on any atom is 0.216 e. The van der Waals surface area contributed by atoms with E-state index in [1.807, 2.05) is 31.2 Å². The highest BCUT2D eigenvalue weighted by atomic mass is 79.9. The van der Waals surface area contributed by atoms with Crippen molar-refractivity contribution in [1.82, 2.24) is 4.31 Å². The van der Waals surface area contributed by atoms with Crippen LogP contribution in [0.3, 0.4) is 0 Å². The van der Waals surface area contributed by atoms with Crippen molar-refractivity contribution in [2.24, 2.45) is 5.41 Å². The van der Waals surface area contributed by atoms with Gasteiger partial charge in [0.1, 0.15) is 0 Å². The van der Waals surface area contributed by atoms with E-state index in [0.29, 0.717) is 26.0 Å². The molecule has 0 spiro atoms. The van der Waals surface area contributed by atoms with Gasteiger partial charge in [-0.25, -0.2) is 8.42 Å². The zero-order valence-corrected chi connectivity index (χ0v) is 15.3. The van der Waals surface area contributed by atoms with Gasteiger partial charge in [-0.3, -0.25) is 0 Å². The Kier molecular flexibility index (Phi) is 4.53. The SMILES string of the molecule is C[C@@H]1[C@@H](c2ccc(Br)cc2)OCCN1S(=O)(=O)CC1(C#N)CC1. The summed E-state index contributed by atoms with van der Waals surface area (Å²) in [5, 5.41) is 9.18. The predicted molar refractivity (Wildman–Crippen MR) is 90.1 cm³/mol. The van der Waals surface area contributed by atoms with E-state index in [1.165, 1.54) is 4.31 Å². The Balaban J connectivity index is 1.80. The summed E-state index contributed by atoms with van der Waals surface area (Å²) < 4.78 is 33.8. The van der Waals surface area contributed by atoms with Crippen molar-refractivity contribution in [3.05, 3.63) is 34.3 Å². The van der Waals surface area contributed by atoms with Crippen molar-refractivity contribution in [2.75, 3.05) is 18.9 Å². The number of ether oxygens (including phenoxy) is 1. The lowest BCUT2D eigenvalue weighted by Crippen LogP contribution is -2.50. The fourth-order valence-electron chi connectivity index (χ4n) is 3.05. The molecule has 2 aliphatic rings. The van der Waals surface area contributed by atoms with Crippen LogP contribution in [0.1, 0.15) is 31.4 Å². The predicted octanol–water partition coefficient (Wildman–Crippen LogP) is 2.84. The summed E-state index contributed by atoms with van der Waals surface area (Å²) in [5.41, 5.74) is 0.297. The third-order valence-electron chi connectivity index (χ3n) is 4.61. The Labute approximate surface area is 145 Å². The third kappa shape index (κ3) is 3.45. The summed E-state index contributed by atoms with van der Waals surface area (Å²) in [4.78, 5) is 0. The lowest BCUT2D eigenvalue weighted by molar-refractivity contribution is -0.0362. The maximum atomic E-state index is 12.8. The Morgan fingerprint density at radius 2 is 2.04 bits per heavy atom. The number of rotatable bonds is 4. The van der Waals surface area contributed by atoms with E-state index in [0.717, 1.165) is 10.0 Å². The second-order valence-corrected chi connectivity index (χ2v) is 9.18. The van der Waals surface area contributed by atoms with Gasteiger partial charge < -0.3 is 4.74 Å². The monoisotopic (exact) mass is 398 g/mol. The van der Waals surface area contributed by atoms with E-state index < -0.39 is 15.4 Å². The summed E-state index contributed by atoms with van der Waals surface area (Å²) in [6.45, 7) is 2.58. The van der Waals surface area contributed by atoms with Crippen LogP contribution in [0.2, 0.25) is 0 Å². The van der Waals surface area contributed by atoms with E-state index in [9.17, 15) is 13.7 Å². The Morgan fingerprint density at radius 3 is 2.61 bits per heavy atom. The molecule has 1 saturated carbocycles. The van der Waals surface area contributed by atoms with Crippen molar-refractivity contribution >= 4 is 26.0 Å². The topological polar surface area (TPSA) is 70.4 Å². The first-order valence-electron chi connectivity index (χ1n) is 7.65. The maximum absolute atomic E-state index is 12.8. The van der Waals surface area contributed by atoms with Gasteiger partial charge in [-0.05, 0) is 37.5 Å². The quantitative estimate of drug-likeness (QED) is 0.781. The number of hydrogen-bond donors (Lipinski definition) is 0. The molecule has 1 aromatic rings. The van der Waals surface area contributed by atoms with Crippen LogP contribution in [0.25, 0.3) is 0 Å². The van der Waals surface area contributed by atoms with Gasteiger partial charge in [-0.15, -0.1) is 0 Å². The summed E-state index contributed by atoms with van der Waals surface area (Å²) in [5.74, 6) is -0.0755. The van der Waals surface area contributed by atoms with Crippen LogP contribution in [-0.4, -0.2) is 37.7 Å². The summed E-state index contributed by atoms with van der Waals surface area (Å²) in [6.07, 6.45) is 1.07. The molecular formula is C16H19BrN2O3S. The van der Waals surface area contributed by atoms with Gasteiger partial charge in [0.05, 0.1) is 36.0 Å². The largest absolute Gasteiger partial charge is 0.370 e. The second-order valence-electron chi connectivity index (χ2n) is 6.34. The van der Waals surface area contributed by atoms with Gasteiger partial charge in [0.15, 0.2) is 0 Å². The molecule has 23 heavy (non-hydrogen) atoms. The van der Waals surface area contributed by atoms with Gasteiger partial charge >= 0.3 is 0 Å². The normalized spacial score (nSPS) is 27.3. The lowest BCUT2D eigenvalue weighted by atomic mass is 10.0. The number of benzene rings is 1. The molecular weight excluding hydrogens is 380 g/mol. The van der Waals surface area contributed by atoms with Crippen LogP contribution in [-0.2, 0) is 14.8 Å². The van der Waals surface area contributed by atoms with Crippen LogP contribution in [0.15, 0.2) is 28.7 Å². The molecule has 0 N–H and O–H groups in total. The van der Waals surface area contributed by atoms with Crippen LogP contribution in [0, 0.1) is 16.7 Å². The first-order valence-corrected chi connectivity index (χ1v) is 10.0. The van der Waals surface area contributed by atoms with Gasteiger partial charge in [0.2, 0.25) is 10.0 Å². The minimum absolute atomic E-state index is 0.0755. The minimum atomic E-state index is -3.47. The smallest absolute Gasteiger partial charge is 0.216 e. The molecule has 7 heteroatoms. The first kappa shape index (κ1) is 16.9. The van der Waals surface area contributed by atoms with Crippen LogP contribution in [0.4, 0.5) is 0 Å². The van der Waals surface area contributed by atoms with E-state index in [2.05, 4.69) is 22.0 Å². The minimum Gasteiger partial charge on any atom is -0.370 e. The molecule has 0 bridgehead atoms. The molecule has 0 radical (unpaired) electrons. The number of sulfonamides is 1. The van der Waals surface area contributed by atoms with Crippen molar-refractivity contribution in [3.63, 3.8) is 0 Å². The van der Waals surface area contributed by atoms with Crippen molar-refractivity contribution in [1.29, 1.82) is 5.26 Å². The molecule has 1 heterocycles. The summed E-state index contributed by atoms with van der Waals surface area (Å²) >= 11 is 3.40. The number of halogens is 1. The fourth-order valence-corrected chi connectivity index (χ4v) is 5.51. The summed E-state index contributed by atoms with van der Waals surface area (Å²) in [7, 11) is -3.47. The molecule has 0 aromatic heterocycles. The molecule has 1 saturated heterocycles. The molecule has 0 amide bonds. The molecule has 1 aromatic carbocycles. The van der Waals surface area contributed by atoms with Crippen LogP contribution >= 0.6 is 15.9 Å². The van der Waals surface area contributed by atoms with Crippen LogP contribution < -0.4 is 0 Å². The average molecular weight is 399 g/mol. The highest BCUT2D eigenvalue weighted by Gasteiger charge is 2.49. The van der Waals surface area contributed by atoms with Crippen molar-refractivity contribution in [2.45, 2.75) is 31.9 Å². The zero-order chi connectivity index (χ0) is 16.7. The van der Waals surface area contributed by atoms with Gasteiger partial charge in [0.25, 0.3) is 0 Å². The Bertz CT molecular complexity index is 723. The zero-order valence-electron chi connectivity index (χ0n) is 12.9. The molecule has 3 rings (SSSR count). The molecule has 5 nitrogen and oxygen atoms in total. The van der Waals surface area contributed by atoms with E-state index >= 15 is 0 Å². The van der Waals surface area contributed by atoms with Gasteiger partial charge in [-0.1, -0.05) is 28.1 Å². The van der Waals surface area contributed by atoms with E-state index in [4.69, 9.17) is 4.74 Å². The average Bonchev–Trinajstić information content (AvgIpc) is 3.28. The molecule has 0 unspecified atom stereocenters. The van der Waals surface area contributed by atoms with Gasteiger partial charge in [-0.2, -0.15) is 9.57 Å². The number of nitrogens with zero attached hydrogens (tertiary/aromatic N) is 2. The highest BCUT2D eigenvalue weighted by molar-refractivity contribution is 9.10. The number of nitriles is 1. The van der Waals surface area contributed by atoms with Gasteiger partial charge in [0, 0.05) is 11.0 Å². The van der Waals surface area contributed by atoms with E-state index in [-0.39, 0.29) is 17.9 Å².